The van der Waals surface area contributed by atoms with Crippen molar-refractivity contribution in [2.24, 2.45) is 0 Å². The fourth-order valence-electron chi connectivity index (χ4n) is 2.02. The number of ketones is 1. The molecule has 1 aromatic rings. The fraction of sp³-hybridized carbons (Fsp3) is 0.462. The first-order chi connectivity index (χ1) is 7.24. The molecule has 0 saturated carbocycles. The van der Waals surface area contributed by atoms with Crippen LogP contribution in [-0.2, 0) is 11.2 Å². The summed E-state index contributed by atoms with van der Waals surface area (Å²) in [5.41, 5.74) is 2.67. The largest absolute Gasteiger partial charge is 0.295 e. The highest BCUT2D eigenvalue weighted by Gasteiger charge is 2.09. The number of carbonyl (C=O) groups excluding carboxylic acids is 1. The van der Waals surface area contributed by atoms with Crippen molar-refractivity contribution < 1.29 is 4.79 Å². The van der Waals surface area contributed by atoms with Gasteiger partial charge in [-0.3, -0.25) is 4.79 Å². The van der Waals surface area contributed by atoms with E-state index >= 15 is 0 Å². The molecule has 1 aliphatic rings. The smallest absolute Gasteiger partial charge is 0.155 e. The normalized spacial score (nSPS) is 17.4. The molecule has 1 heterocycles. The van der Waals surface area contributed by atoms with Crippen molar-refractivity contribution in [2.75, 3.05) is 0 Å². The van der Waals surface area contributed by atoms with Crippen molar-refractivity contribution in [1.82, 2.24) is 0 Å². The van der Waals surface area contributed by atoms with E-state index in [2.05, 4.69) is 18.4 Å². The van der Waals surface area contributed by atoms with Crippen LogP contribution < -0.4 is 0 Å². The van der Waals surface area contributed by atoms with E-state index in [0.29, 0.717) is 5.78 Å². The third kappa shape index (κ3) is 3.03. The molecular formula is C13H16OS. The van der Waals surface area contributed by atoms with E-state index in [4.69, 9.17) is 0 Å². The maximum Gasteiger partial charge on any atom is 0.155 e. The van der Waals surface area contributed by atoms with Crippen molar-refractivity contribution >= 4 is 17.1 Å². The molecule has 2 rings (SSSR count). The maximum absolute atomic E-state index is 11.4. The number of thiophene rings is 1. The first-order valence-corrected chi connectivity index (χ1v) is 6.38. The third-order valence-electron chi connectivity index (χ3n) is 2.75. The summed E-state index contributed by atoms with van der Waals surface area (Å²) >= 11 is 1.79. The fourth-order valence-corrected chi connectivity index (χ4v) is 2.72. The van der Waals surface area contributed by atoms with Crippen LogP contribution in [0.5, 0.6) is 0 Å². The number of allylic oxidation sites excluding steroid dienone is 2. The summed E-state index contributed by atoms with van der Waals surface area (Å²) in [6.07, 6.45) is 6.91. The minimum absolute atomic E-state index is 0.314. The summed E-state index contributed by atoms with van der Waals surface area (Å²) in [4.78, 5) is 12.8. The molecule has 0 bridgehead atoms. The number of aryl methyl sites for hydroxylation is 1. The van der Waals surface area contributed by atoms with Crippen LogP contribution in [0, 0.1) is 6.92 Å². The number of rotatable bonds is 2. The Morgan fingerprint density at radius 2 is 2.13 bits per heavy atom. The molecule has 0 atom stereocenters. The second kappa shape index (κ2) is 4.75. The Kier molecular flexibility index (Phi) is 3.37. The minimum atomic E-state index is 0.314. The van der Waals surface area contributed by atoms with E-state index in [-0.39, 0.29) is 0 Å². The van der Waals surface area contributed by atoms with Crippen LogP contribution in [0.4, 0.5) is 0 Å². The molecule has 1 nitrogen and oxygen atoms in total. The molecule has 2 heteroatoms. The van der Waals surface area contributed by atoms with Gasteiger partial charge in [0.05, 0.1) is 0 Å². The van der Waals surface area contributed by atoms with Crippen LogP contribution in [0.25, 0.3) is 0 Å². The van der Waals surface area contributed by atoms with Crippen molar-refractivity contribution in [3.63, 3.8) is 0 Å². The van der Waals surface area contributed by atoms with Crippen LogP contribution in [0.2, 0.25) is 0 Å². The summed E-state index contributed by atoms with van der Waals surface area (Å²) in [7, 11) is 0. The molecule has 0 N–H and O–H groups in total. The Hall–Kier alpha value is -0.890. The van der Waals surface area contributed by atoms with Gasteiger partial charge in [0.2, 0.25) is 0 Å². The highest BCUT2D eigenvalue weighted by atomic mass is 32.1. The molecule has 0 saturated heterocycles. The van der Waals surface area contributed by atoms with E-state index in [9.17, 15) is 4.79 Å². The lowest BCUT2D eigenvalue weighted by Crippen LogP contribution is -1.92. The average molecular weight is 220 g/mol. The Morgan fingerprint density at radius 3 is 2.87 bits per heavy atom. The summed E-state index contributed by atoms with van der Waals surface area (Å²) in [5, 5.41) is 2.20. The molecule has 0 spiro atoms. The Bertz CT molecular complexity index is 387. The Balaban J connectivity index is 2.07. The maximum atomic E-state index is 11.4. The first-order valence-electron chi connectivity index (χ1n) is 5.50. The van der Waals surface area contributed by atoms with Crippen molar-refractivity contribution in [1.29, 1.82) is 0 Å². The van der Waals surface area contributed by atoms with Gasteiger partial charge in [0.15, 0.2) is 5.78 Å². The number of carbonyl (C=O) groups is 1. The van der Waals surface area contributed by atoms with Gasteiger partial charge in [-0.25, -0.2) is 0 Å². The molecule has 0 amide bonds. The summed E-state index contributed by atoms with van der Waals surface area (Å²) in [6.45, 7) is 2.13. The molecule has 1 aromatic heterocycles. The van der Waals surface area contributed by atoms with E-state index < -0.39 is 0 Å². The van der Waals surface area contributed by atoms with E-state index in [1.807, 2.05) is 6.08 Å². The standard InChI is InChI=1S/C13H16OS/c1-10-6-12(9-15-10)7-11-4-2-3-5-13(14)8-11/h6,8-9H,2-5,7H2,1H3. The molecular weight excluding hydrogens is 204 g/mol. The molecule has 0 unspecified atom stereocenters. The van der Waals surface area contributed by atoms with Gasteiger partial charge in [-0.1, -0.05) is 5.57 Å². The van der Waals surface area contributed by atoms with Crippen LogP contribution in [0.3, 0.4) is 0 Å². The molecule has 0 radical (unpaired) electrons. The van der Waals surface area contributed by atoms with Gasteiger partial charge in [0.25, 0.3) is 0 Å². The van der Waals surface area contributed by atoms with Crippen LogP contribution in [0.1, 0.15) is 36.1 Å². The van der Waals surface area contributed by atoms with Gasteiger partial charge in [-0.05, 0) is 55.7 Å². The highest BCUT2D eigenvalue weighted by Crippen LogP contribution is 2.22. The highest BCUT2D eigenvalue weighted by molar-refractivity contribution is 7.10. The quantitative estimate of drug-likeness (QED) is 0.743. The van der Waals surface area contributed by atoms with Gasteiger partial charge in [0, 0.05) is 11.3 Å². The zero-order chi connectivity index (χ0) is 10.7. The monoisotopic (exact) mass is 220 g/mol. The lowest BCUT2D eigenvalue weighted by molar-refractivity contribution is -0.114. The molecule has 15 heavy (non-hydrogen) atoms. The lowest BCUT2D eigenvalue weighted by atomic mass is 10.0. The van der Waals surface area contributed by atoms with E-state index in [1.54, 1.807) is 11.3 Å². The molecule has 0 aliphatic heterocycles. The summed E-state index contributed by atoms with van der Waals surface area (Å²) in [6, 6.07) is 2.22. The zero-order valence-electron chi connectivity index (χ0n) is 9.08. The predicted octanol–water partition coefficient (Wildman–Crippen LogP) is 3.67. The second-order valence-electron chi connectivity index (χ2n) is 4.22. The van der Waals surface area contributed by atoms with Crippen molar-refractivity contribution in [3.8, 4) is 0 Å². The molecule has 0 aromatic carbocycles. The zero-order valence-corrected chi connectivity index (χ0v) is 9.90. The second-order valence-corrected chi connectivity index (χ2v) is 5.33. The van der Waals surface area contributed by atoms with Crippen LogP contribution in [0.15, 0.2) is 23.1 Å². The van der Waals surface area contributed by atoms with E-state index in [1.165, 1.54) is 22.4 Å². The average Bonchev–Trinajstić information content (AvgIpc) is 2.46. The van der Waals surface area contributed by atoms with Crippen molar-refractivity contribution in [2.45, 2.75) is 39.0 Å². The Morgan fingerprint density at radius 1 is 1.33 bits per heavy atom. The van der Waals surface area contributed by atoms with E-state index in [0.717, 1.165) is 25.7 Å². The Labute approximate surface area is 94.8 Å². The SMILES string of the molecule is Cc1cc(CC2=CC(=O)CCCC2)cs1. The topological polar surface area (TPSA) is 17.1 Å². The van der Waals surface area contributed by atoms with Gasteiger partial charge in [-0.15, -0.1) is 11.3 Å². The van der Waals surface area contributed by atoms with Gasteiger partial charge < -0.3 is 0 Å². The van der Waals surface area contributed by atoms with Crippen LogP contribution in [-0.4, -0.2) is 5.78 Å². The summed E-state index contributed by atoms with van der Waals surface area (Å²) in [5.74, 6) is 0.314. The van der Waals surface area contributed by atoms with Gasteiger partial charge >= 0.3 is 0 Å². The molecule has 0 fully saturated rings. The summed E-state index contributed by atoms with van der Waals surface area (Å²) < 4.78 is 0. The van der Waals surface area contributed by atoms with Gasteiger partial charge in [-0.2, -0.15) is 0 Å². The predicted molar refractivity (Wildman–Crippen MR) is 64.3 cm³/mol. The van der Waals surface area contributed by atoms with Crippen molar-refractivity contribution in [3.05, 3.63) is 33.5 Å². The minimum Gasteiger partial charge on any atom is -0.295 e. The molecule has 1 aliphatic carbocycles. The number of hydrogen-bond donors (Lipinski definition) is 0. The third-order valence-corrected chi connectivity index (χ3v) is 3.66. The van der Waals surface area contributed by atoms with Gasteiger partial charge in [0.1, 0.15) is 0 Å². The van der Waals surface area contributed by atoms with Crippen LogP contribution >= 0.6 is 11.3 Å². The lowest BCUT2D eigenvalue weighted by Gasteiger charge is -2.02. The molecule has 80 valence electrons. The first kappa shape index (κ1) is 10.6. The number of hydrogen-bond acceptors (Lipinski definition) is 2.